The molecule has 0 bridgehead atoms. The van der Waals surface area contributed by atoms with Crippen molar-refractivity contribution in [2.45, 2.75) is 24.1 Å². The molecule has 0 aromatic heterocycles. The number of ether oxygens (including phenoxy) is 1. The van der Waals surface area contributed by atoms with Gasteiger partial charge >= 0.3 is 6.36 Å². The maximum atomic E-state index is 12.1. The number of hydrogen-bond acceptors (Lipinski definition) is 3. The Labute approximate surface area is 108 Å². The maximum absolute atomic E-state index is 12.1. The van der Waals surface area contributed by atoms with Crippen LogP contribution >= 0.6 is 0 Å². The van der Waals surface area contributed by atoms with Crippen molar-refractivity contribution < 1.29 is 26.3 Å². The van der Waals surface area contributed by atoms with Crippen molar-refractivity contribution in [1.29, 1.82) is 0 Å². The molecule has 0 radical (unpaired) electrons. The summed E-state index contributed by atoms with van der Waals surface area (Å²) in [7, 11) is -3.60. The summed E-state index contributed by atoms with van der Waals surface area (Å²) in [6, 6.07) is 4.23. The third kappa shape index (κ3) is 3.38. The first-order valence-corrected chi connectivity index (χ1v) is 7.09. The molecule has 0 aliphatic carbocycles. The van der Waals surface area contributed by atoms with Gasteiger partial charge in [-0.2, -0.15) is 4.31 Å². The van der Waals surface area contributed by atoms with Gasteiger partial charge in [-0.15, -0.1) is 13.2 Å². The minimum absolute atomic E-state index is 0.0241. The SMILES string of the molecule is O=S(=O)(c1ccc(OC(F)(F)F)cc1)N1CCCC1. The fourth-order valence-electron chi connectivity index (χ4n) is 1.89. The van der Waals surface area contributed by atoms with E-state index in [9.17, 15) is 21.6 Å². The zero-order valence-corrected chi connectivity index (χ0v) is 10.7. The first-order chi connectivity index (χ1) is 8.79. The molecular formula is C11H12F3NO3S. The van der Waals surface area contributed by atoms with Gasteiger partial charge in [-0.25, -0.2) is 8.42 Å². The molecule has 0 unspecified atom stereocenters. The summed E-state index contributed by atoms with van der Waals surface area (Å²) in [6.07, 6.45) is -3.18. The van der Waals surface area contributed by atoms with E-state index in [1.165, 1.54) is 4.31 Å². The van der Waals surface area contributed by atoms with E-state index >= 15 is 0 Å². The van der Waals surface area contributed by atoms with Gasteiger partial charge in [0.25, 0.3) is 0 Å². The van der Waals surface area contributed by atoms with Gasteiger partial charge in [-0.1, -0.05) is 0 Å². The highest BCUT2D eigenvalue weighted by atomic mass is 32.2. The highest BCUT2D eigenvalue weighted by Gasteiger charge is 2.31. The van der Waals surface area contributed by atoms with E-state index < -0.39 is 22.1 Å². The van der Waals surface area contributed by atoms with Crippen LogP contribution in [-0.2, 0) is 10.0 Å². The standard InChI is InChI=1S/C11H12F3NO3S/c12-11(13,14)18-9-3-5-10(6-4-9)19(16,17)15-7-1-2-8-15/h3-6H,1-2,7-8H2. The number of hydrogen-bond donors (Lipinski definition) is 0. The van der Waals surface area contributed by atoms with Gasteiger partial charge in [0, 0.05) is 13.1 Å². The molecule has 1 aromatic carbocycles. The van der Waals surface area contributed by atoms with E-state index in [4.69, 9.17) is 0 Å². The van der Waals surface area contributed by atoms with Crippen molar-refractivity contribution in [3.8, 4) is 5.75 Å². The van der Waals surface area contributed by atoms with E-state index in [1.54, 1.807) is 0 Å². The van der Waals surface area contributed by atoms with E-state index in [0.717, 1.165) is 37.1 Å². The fourth-order valence-corrected chi connectivity index (χ4v) is 3.41. The molecule has 106 valence electrons. The average Bonchev–Trinajstić information content (AvgIpc) is 2.81. The molecule has 0 spiro atoms. The smallest absolute Gasteiger partial charge is 0.406 e. The van der Waals surface area contributed by atoms with Crippen molar-refractivity contribution in [3.05, 3.63) is 24.3 Å². The van der Waals surface area contributed by atoms with E-state index in [0.29, 0.717) is 13.1 Å². The second-order valence-electron chi connectivity index (χ2n) is 4.13. The monoisotopic (exact) mass is 295 g/mol. The molecule has 0 atom stereocenters. The van der Waals surface area contributed by atoms with Crippen molar-refractivity contribution >= 4 is 10.0 Å². The Morgan fingerprint density at radius 3 is 2.05 bits per heavy atom. The molecule has 4 nitrogen and oxygen atoms in total. The Balaban J connectivity index is 2.18. The summed E-state index contributed by atoms with van der Waals surface area (Å²) >= 11 is 0. The predicted octanol–water partition coefficient (Wildman–Crippen LogP) is 2.37. The predicted molar refractivity (Wildman–Crippen MR) is 61.1 cm³/mol. The van der Waals surface area contributed by atoms with Crippen LogP contribution in [0.4, 0.5) is 13.2 Å². The lowest BCUT2D eigenvalue weighted by molar-refractivity contribution is -0.274. The molecule has 19 heavy (non-hydrogen) atoms. The van der Waals surface area contributed by atoms with Crippen LogP contribution in [0.15, 0.2) is 29.2 Å². The topological polar surface area (TPSA) is 46.6 Å². The van der Waals surface area contributed by atoms with Crippen molar-refractivity contribution in [1.82, 2.24) is 4.31 Å². The third-order valence-electron chi connectivity index (χ3n) is 2.76. The Bertz CT molecular complexity index is 533. The van der Waals surface area contributed by atoms with Gasteiger partial charge in [-0.3, -0.25) is 0 Å². The summed E-state index contributed by atoms with van der Waals surface area (Å²) in [6.45, 7) is 0.895. The zero-order chi connectivity index (χ0) is 14.1. The average molecular weight is 295 g/mol. The quantitative estimate of drug-likeness (QED) is 0.860. The van der Waals surface area contributed by atoms with Crippen LogP contribution in [0.25, 0.3) is 0 Å². The van der Waals surface area contributed by atoms with Crippen LogP contribution in [0, 0.1) is 0 Å². The van der Waals surface area contributed by atoms with Gasteiger partial charge in [0.15, 0.2) is 0 Å². The fraction of sp³-hybridized carbons (Fsp3) is 0.455. The highest BCUT2D eigenvalue weighted by Crippen LogP contribution is 2.26. The summed E-state index contributed by atoms with van der Waals surface area (Å²) < 4.78 is 65.1. The summed E-state index contributed by atoms with van der Waals surface area (Å²) in [5.41, 5.74) is 0. The first kappa shape index (κ1) is 14.1. The molecular weight excluding hydrogens is 283 g/mol. The van der Waals surface area contributed by atoms with Crippen molar-refractivity contribution in [2.75, 3.05) is 13.1 Å². The lowest BCUT2D eigenvalue weighted by Gasteiger charge is -2.15. The second kappa shape index (κ2) is 5.01. The summed E-state index contributed by atoms with van der Waals surface area (Å²) in [5.74, 6) is -0.437. The largest absolute Gasteiger partial charge is 0.573 e. The van der Waals surface area contributed by atoms with Crippen LogP contribution in [0.3, 0.4) is 0 Å². The minimum Gasteiger partial charge on any atom is -0.406 e. The molecule has 1 aromatic rings. The molecule has 1 heterocycles. The molecule has 8 heteroatoms. The van der Waals surface area contributed by atoms with E-state index in [2.05, 4.69) is 4.74 Å². The lowest BCUT2D eigenvalue weighted by Crippen LogP contribution is -2.27. The Hall–Kier alpha value is -1.28. The molecule has 1 aliphatic heterocycles. The number of sulfonamides is 1. The molecule has 0 saturated carbocycles. The lowest BCUT2D eigenvalue weighted by atomic mass is 10.3. The molecule has 1 saturated heterocycles. The van der Waals surface area contributed by atoms with Gasteiger partial charge < -0.3 is 4.74 Å². The maximum Gasteiger partial charge on any atom is 0.573 e. The molecule has 0 amide bonds. The number of halogens is 3. The Morgan fingerprint density at radius 1 is 1.05 bits per heavy atom. The van der Waals surface area contributed by atoms with Crippen LogP contribution in [0.1, 0.15) is 12.8 Å². The number of rotatable bonds is 3. The van der Waals surface area contributed by atoms with E-state index in [1.807, 2.05) is 0 Å². The van der Waals surface area contributed by atoms with Gasteiger partial charge in [0.05, 0.1) is 4.90 Å². The van der Waals surface area contributed by atoms with Crippen LogP contribution < -0.4 is 4.74 Å². The van der Waals surface area contributed by atoms with Crippen LogP contribution in [-0.4, -0.2) is 32.2 Å². The van der Waals surface area contributed by atoms with Crippen molar-refractivity contribution in [3.63, 3.8) is 0 Å². The van der Waals surface area contributed by atoms with Crippen LogP contribution in [0.5, 0.6) is 5.75 Å². The number of benzene rings is 1. The Morgan fingerprint density at radius 2 is 1.58 bits per heavy atom. The first-order valence-electron chi connectivity index (χ1n) is 5.65. The normalized spacial score (nSPS) is 17.6. The summed E-state index contributed by atoms with van der Waals surface area (Å²) in [4.78, 5) is -0.0241. The molecule has 1 aliphatic rings. The van der Waals surface area contributed by atoms with Gasteiger partial charge in [0.1, 0.15) is 5.75 Å². The van der Waals surface area contributed by atoms with Gasteiger partial charge in [0.2, 0.25) is 10.0 Å². The molecule has 2 rings (SSSR count). The van der Waals surface area contributed by atoms with Crippen LogP contribution in [0.2, 0.25) is 0 Å². The highest BCUT2D eigenvalue weighted by molar-refractivity contribution is 7.89. The number of alkyl halides is 3. The molecule has 0 N–H and O–H groups in total. The molecule has 1 fully saturated rings. The second-order valence-corrected chi connectivity index (χ2v) is 6.07. The summed E-state index contributed by atoms with van der Waals surface area (Å²) in [5, 5.41) is 0. The van der Waals surface area contributed by atoms with Gasteiger partial charge in [-0.05, 0) is 37.1 Å². The minimum atomic E-state index is -4.78. The van der Waals surface area contributed by atoms with E-state index in [-0.39, 0.29) is 4.90 Å². The Kier molecular flexibility index (Phi) is 3.73. The third-order valence-corrected chi connectivity index (χ3v) is 4.67. The number of nitrogens with zero attached hydrogens (tertiary/aromatic N) is 1. The zero-order valence-electron chi connectivity index (χ0n) is 9.85. The van der Waals surface area contributed by atoms with Crippen molar-refractivity contribution in [2.24, 2.45) is 0 Å².